The Kier molecular flexibility index (Phi) is 3.31. The number of halogens is 1. The number of phenols is 1. The third-order valence-corrected chi connectivity index (χ3v) is 6.67. The highest BCUT2D eigenvalue weighted by Crippen LogP contribution is 2.60. The number of aryl methyl sites for hydroxylation is 1. The molecule has 1 aromatic rings. The molecule has 0 spiro atoms. The lowest BCUT2D eigenvalue weighted by molar-refractivity contribution is -0.137. The van der Waals surface area contributed by atoms with Gasteiger partial charge in [0, 0.05) is 18.4 Å². The molecule has 1 aromatic carbocycles. The Labute approximate surface area is 135 Å². The Bertz CT molecular complexity index is 658. The molecule has 0 amide bonds. The van der Waals surface area contributed by atoms with Gasteiger partial charge in [-0.2, -0.15) is 0 Å². The summed E-state index contributed by atoms with van der Waals surface area (Å²) < 4.78 is 19.9. The molecule has 2 saturated carbocycles. The summed E-state index contributed by atoms with van der Waals surface area (Å²) in [6, 6.07) is 5.54. The van der Waals surface area contributed by atoms with E-state index in [9.17, 15) is 14.3 Å². The number of Topliss-reactive ketones (excluding diaryl/α,β-unsaturated/α-hetero) is 1. The number of alkyl halides is 1. The Hall–Kier alpha value is -1.42. The topological polar surface area (TPSA) is 46.5 Å². The molecule has 3 aliphatic carbocycles. The van der Waals surface area contributed by atoms with Crippen LogP contribution in [0.2, 0.25) is 0 Å². The predicted octanol–water partition coefficient (Wildman–Crippen LogP) is 3.39. The van der Waals surface area contributed by atoms with Crippen molar-refractivity contribution < 1.29 is 19.0 Å². The van der Waals surface area contributed by atoms with Gasteiger partial charge >= 0.3 is 0 Å². The number of benzene rings is 1. The molecular formula is C19H23FO3. The standard InChI is InChI=1S/C19H23FO3/c1-19-9-16(23-2)17-12-6-4-11(21)7-10(12)3-5-13(17)14(19)8-15(20)18(19)22/h4,6-7,13-17,21H,3,5,8-9H2,1-2H3/t13-,14-,15+,16-,17+,19-/m0/s1. The fourth-order valence-corrected chi connectivity index (χ4v) is 5.60. The summed E-state index contributed by atoms with van der Waals surface area (Å²) in [7, 11) is 1.69. The summed E-state index contributed by atoms with van der Waals surface area (Å²) in [4.78, 5) is 12.4. The highest BCUT2D eigenvalue weighted by molar-refractivity contribution is 5.91. The summed E-state index contributed by atoms with van der Waals surface area (Å²) in [5, 5.41) is 9.74. The molecule has 0 radical (unpaired) electrons. The van der Waals surface area contributed by atoms with E-state index in [1.165, 1.54) is 5.56 Å². The zero-order chi connectivity index (χ0) is 16.4. The Morgan fingerprint density at radius 1 is 1.39 bits per heavy atom. The molecule has 0 unspecified atom stereocenters. The number of fused-ring (bicyclic) bond motifs is 5. The van der Waals surface area contributed by atoms with Gasteiger partial charge in [0.2, 0.25) is 0 Å². The first-order valence-electron chi connectivity index (χ1n) is 8.48. The van der Waals surface area contributed by atoms with Crippen molar-refractivity contribution in [2.24, 2.45) is 17.3 Å². The predicted molar refractivity (Wildman–Crippen MR) is 84.2 cm³/mol. The lowest BCUT2D eigenvalue weighted by atomic mass is 9.54. The van der Waals surface area contributed by atoms with Crippen molar-refractivity contribution >= 4 is 5.78 Å². The largest absolute Gasteiger partial charge is 0.508 e. The maximum atomic E-state index is 14.2. The van der Waals surface area contributed by atoms with E-state index in [2.05, 4.69) is 0 Å². The summed E-state index contributed by atoms with van der Waals surface area (Å²) in [5.41, 5.74) is 1.79. The van der Waals surface area contributed by atoms with Crippen LogP contribution in [-0.2, 0) is 16.0 Å². The quantitative estimate of drug-likeness (QED) is 0.863. The van der Waals surface area contributed by atoms with Gasteiger partial charge in [0.25, 0.3) is 0 Å². The van der Waals surface area contributed by atoms with Crippen molar-refractivity contribution in [3.05, 3.63) is 29.3 Å². The second-order valence-corrected chi connectivity index (χ2v) is 7.68. The fraction of sp³-hybridized carbons (Fsp3) is 0.632. The van der Waals surface area contributed by atoms with Crippen molar-refractivity contribution in [1.82, 2.24) is 0 Å². The number of rotatable bonds is 1. The number of methoxy groups -OCH3 is 1. The molecular weight excluding hydrogens is 295 g/mol. The van der Waals surface area contributed by atoms with E-state index in [-0.39, 0.29) is 35.4 Å². The van der Waals surface area contributed by atoms with E-state index in [4.69, 9.17) is 4.74 Å². The number of carbonyl (C=O) groups excluding carboxylic acids is 1. The van der Waals surface area contributed by atoms with E-state index in [0.29, 0.717) is 12.8 Å². The molecule has 4 heteroatoms. The maximum Gasteiger partial charge on any atom is 0.173 e. The van der Waals surface area contributed by atoms with Crippen LogP contribution < -0.4 is 0 Å². The van der Waals surface area contributed by atoms with Crippen molar-refractivity contribution in [1.29, 1.82) is 0 Å². The van der Waals surface area contributed by atoms with Crippen LogP contribution in [0.4, 0.5) is 4.39 Å². The lowest BCUT2D eigenvalue weighted by Crippen LogP contribution is -2.49. The second kappa shape index (κ2) is 5.04. The van der Waals surface area contributed by atoms with Crippen molar-refractivity contribution in [3.8, 4) is 5.75 Å². The molecule has 3 aliphatic rings. The van der Waals surface area contributed by atoms with Crippen LogP contribution in [0.1, 0.15) is 43.2 Å². The van der Waals surface area contributed by atoms with E-state index in [0.717, 1.165) is 18.4 Å². The number of carbonyl (C=O) groups is 1. The number of ether oxygens (including phenoxy) is 1. The zero-order valence-electron chi connectivity index (χ0n) is 13.6. The number of phenolic OH excluding ortho intramolecular Hbond substituents is 1. The molecule has 0 aliphatic heterocycles. The number of aromatic hydroxyl groups is 1. The summed E-state index contributed by atoms with van der Waals surface area (Å²) in [6.07, 6.45) is 1.37. The molecule has 23 heavy (non-hydrogen) atoms. The van der Waals surface area contributed by atoms with Crippen LogP contribution in [0.25, 0.3) is 0 Å². The van der Waals surface area contributed by atoms with E-state index in [1.54, 1.807) is 13.2 Å². The monoisotopic (exact) mass is 318 g/mol. The first kappa shape index (κ1) is 15.1. The van der Waals surface area contributed by atoms with Crippen LogP contribution >= 0.6 is 0 Å². The Balaban J connectivity index is 1.79. The molecule has 2 fully saturated rings. The molecule has 0 bridgehead atoms. The summed E-state index contributed by atoms with van der Waals surface area (Å²) >= 11 is 0. The van der Waals surface area contributed by atoms with Crippen LogP contribution in [-0.4, -0.2) is 30.3 Å². The van der Waals surface area contributed by atoms with Crippen LogP contribution in [0.3, 0.4) is 0 Å². The number of hydrogen-bond acceptors (Lipinski definition) is 3. The molecule has 124 valence electrons. The fourth-order valence-electron chi connectivity index (χ4n) is 5.60. The highest BCUT2D eigenvalue weighted by Gasteiger charge is 2.61. The van der Waals surface area contributed by atoms with Gasteiger partial charge in [-0.05, 0) is 60.8 Å². The van der Waals surface area contributed by atoms with Crippen LogP contribution in [0.5, 0.6) is 5.75 Å². The van der Waals surface area contributed by atoms with Crippen molar-refractivity contribution in [3.63, 3.8) is 0 Å². The summed E-state index contributed by atoms with van der Waals surface area (Å²) in [5.74, 6) is 0.639. The second-order valence-electron chi connectivity index (χ2n) is 7.68. The van der Waals surface area contributed by atoms with Gasteiger partial charge in [-0.25, -0.2) is 4.39 Å². The Morgan fingerprint density at radius 3 is 2.91 bits per heavy atom. The zero-order valence-corrected chi connectivity index (χ0v) is 13.6. The average Bonchev–Trinajstić information content (AvgIpc) is 2.77. The first-order valence-corrected chi connectivity index (χ1v) is 8.48. The van der Waals surface area contributed by atoms with Crippen molar-refractivity contribution in [2.45, 2.75) is 50.8 Å². The molecule has 0 aromatic heterocycles. The van der Waals surface area contributed by atoms with Gasteiger partial charge in [-0.15, -0.1) is 0 Å². The smallest absolute Gasteiger partial charge is 0.173 e. The molecule has 1 N–H and O–H groups in total. The SMILES string of the molecule is CO[C@H]1C[C@]2(C)C(=O)[C@H](F)C[C@H]2[C@@H]2CCc3cc(O)ccc3[C@H]21. The average molecular weight is 318 g/mol. The van der Waals surface area contributed by atoms with Crippen LogP contribution in [0.15, 0.2) is 18.2 Å². The van der Waals surface area contributed by atoms with E-state index >= 15 is 0 Å². The molecule has 0 saturated heterocycles. The molecule has 6 atom stereocenters. The van der Waals surface area contributed by atoms with Gasteiger partial charge in [0.05, 0.1) is 6.10 Å². The van der Waals surface area contributed by atoms with Gasteiger partial charge in [-0.1, -0.05) is 13.0 Å². The number of hydrogen-bond donors (Lipinski definition) is 1. The third-order valence-electron chi connectivity index (χ3n) is 6.67. The minimum absolute atomic E-state index is 0.0703. The Morgan fingerprint density at radius 2 is 2.17 bits per heavy atom. The summed E-state index contributed by atoms with van der Waals surface area (Å²) in [6.45, 7) is 1.94. The highest BCUT2D eigenvalue weighted by atomic mass is 19.1. The van der Waals surface area contributed by atoms with Gasteiger partial charge < -0.3 is 9.84 Å². The lowest BCUT2D eigenvalue weighted by Gasteiger charge is -2.51. The molecule has 3 nitrogen and oxygen atoms in total. The minimum Gasteiger partial charge on any atom is -0.508 e. The number of ketones is 1. The van der Waals surface area contributed by atoms with Gasteiger partial charge in [0.1, 0.15) is 5.75 Å². The normalized spacial score (nSPS) is 42.0. The molecule has 4 rings (SSSR count). The van der Waals surface area contributed by atoms with E-state index < -0.39 is 11.6 Å². The van der Waals surface area contributed by atoms with Crippen LogP contribution in [0, 0.1) is 17.3 Å². The van der Waals surface area contributed by atoms with Crippen molar-refractivity contribution in [2.75, 3.05) is 7.11 Å². The third kappa shape index (κ3) is 2.00. The molecule has 0 heterocycles. The first-order chi connectivity index (χ1) is 11.0. The van der Waals surface area contributed by atoms with E-state index in [1.807, 2.05) is 19.1 Å². The minimum atomic E-state index is -1.32. The van der Waals surface area contributed by atoms with Gasteiger partial charge in [0.15, 0.2) is 12.0 Å². The van der Waals surface area contributed by atoms with Gasteiger partial charge in [-0.3, -0.25) is 4.79 Å². The maximum absolute atomic E-state index is 14.2.